The summed E-state index contributed by atoms with van der Waals surface area (Å²) in [4.78, 5) is 12.3. The Morgan fingerprint density at radius 2 is 1.96 bits per heavy atom. The number of carbonyl (C=O) groups excluding carboxylic acids is 1. The Hall–Kier alpha value is -3.26. The van der Waals surface area contributed by atoms with E-state index in [0.717, 1.165) is 6.42 Å². The summed E-state index contributed by atoms with van der Waals surface area (Å²) in [5, 5.41) is 21.7. The van der Waals surface area contributed by atoms with Gasteiger partial charge in [-0.1, -0.05) is 25.1 Å². The van der Waals surface area contributed by atoms with Crippen LogP contribution >= 0.6 is 0 Å². The van der Waals surface area contributed by atoms with Gasteiger partial charge in [-0.15, -0.1) is 0 Å². The third-order valence-corrected chi connectivity index (χ3v) is 3.58. The molecule has 2 aromatic carbocycles. The van der Waals surface area contributed by atoms with Crippen molar-refractivity contribution in [3.63, 3.8) is 0 Å². The SMILES string of the molecule is CCOc1cc(C=C(C#N)C(=O)Nc2ccc(CC)cc2)ccc1O. The zero-order chi connectivity index (χ0) is 18.2. The van der Waals surface area contributed by atoms with Crippen LogP contribution in [0.1, 0.15) is 25.0 Å². The minimum atomic E-state index is -0.488. The minimum absolute atomic E-state index is 0.0120. The average molecular weight is 336 g/mol. The molecule has 0 heterocycles. The molecule has 0 radical (unpaired) electrons. The maximum Gasteiger partial charge on any atom is 0.266 e. The fraction of sp³-hybridized carbons (Fsp3) is 0.200. The van der Waals surface area contributed by atoms with Gasteiger partial charge in [-0.05, 0) is 54.8 Å². The maximum absolute atomic E-state index is 12.3. The van der Waals surface area contributed by atoms with E-state index in [1.165, 1.54) is 17.7 Å². The number of hydrogen-bond donors (Lipinski definition) is 2. The van der Waals surface area contributed by atoms with Crippen LogP contribution in [0.15, 0.2) is 48.0 Å². The molecule has 2 rings (SSSR count). The number of aromatic hydroxyl groups is 1. The van der Waals surface area contributed by atoms with Gasteiger partial charge in [-0.3, -0.25) is 4.79 Å². The summed E-state index contributed by atoms with van der Waals surface area (Å²) in [6, 6.07) is 14.0. The van der Waals surface area contributed by atoms with Gasteiger partial charge in [0.15, 0.2) is 11.5 Å². The molecular formula is C20H20N2O3. The molecule has 0 aromatic heterocycles. The number of nitrogens with zero attached hydrogens (tertiary/aromatic N) is 1. The van der Waals surface area contributed by atoms with Crippen LogP contribution in [-0.4, -0.2) is 17.6 Å². The lowest BCUT2D eigenvalue weighted by atomic mass is 10.1. The normalized spacial score (nSPS) is 10.8. The van der Waals surface area contributed by atoms with Crippen molar-refractivity contribution in [2.75, 3.05) is 11.9 Å². The van der Waals surface area contributed by atoms with Crippen LogP contribution in [0.4, 0.5) is 5.69 Å². The van der Waals surface area contributed by atoms with E-state index in [9.17, 15) is 15.2 Å². The summed E-state index contributed by atoms with van der Waals surface area (Å²) in [5.41, 5.74) is 2.35. The molecule has 0 aliphatic carbocycles. The number of hydrogen-bond acceptors (Lipinski definition) is 4. The van der Waals surface area contributed by atoms with Crippen LogP contribution in [0.3, 0.4) is 0 Å². The predicted molar refractivity (Wildman–Crippen MR) is 97.3 cm³/mol. The topological polar surface area (TPSA) is 82.3 Å². The van der Waals surface area contributed by atoms with Gasteiger partial charge in [-0.25, -0.2) is 0 Å². The minimum Gasteiger partial charge on any atom is -0.504 e. The molecule has 128 valence electrons. The van der Waals surface area contributed by atoms with E-state index in [1.807, 2.05) is 18.2 Å². The van der Waals surface area contributed by atoms with Crippen molar-refractivity contribution in [2.24, 2.45) is 0 Å². The zero-order valence-corrected chi connectivity index (χ0v) is 14.2. The van der Waals surface area contributed by atoms with E-state index in [-0.39, 0.29) is 11.3 Å². The van der Waals surface area contributed by atoms with Gasteiger partial charge in [0.1, 0.15) is 11.6 Å². The van der Waals surface area contributed by atoms with Crippen LogP contribution in [0, 0.1) is 11.3 Å². The number of rotatable bonds is 6. The molecule has 0 saturated heterocycles. The van der Waals surface area contributed by atoms with Crippen molar-refractivity contribution >= 4 is 17.7 Å². The highest BCUT2D eigenvalue weighted by atomic mass is 16.5. The number of phenolic OH excluding ortho intramolecular Hbond substituents is 1. The quantitative estimate of drug-likeness (QED) is 0.619. The number of phenols is 1. The van der Waals surface area contributed by atoms with Gasteiger partial charge in [0.05, 0.1) is 6.61 Å². The summed E-state index contributed by atoms with van der Waals surface area (Å²) in [6.45, 7) is 4.26. The maximum atomic E-state index is 12.3. The molecule has 5 nitrogen and oxygen atoms in total. The van der Waals surface area contributed by atoms with Gasteiger partial charge in [0, 0.05) is 5.69 Å². The Kier molecular flexibility index (Phi) is 6.19. The standard InChI is InChI=1S/C20H20N2O3/c1-3-14-5-8-17(9-6-14)22-20(24)16(13-21)11-15-7-10-18(23)19(12-15)25-4-2/h5-12,23H,3-4H2,1-2H3,(H,22,24). The summed E-state index contributed by atoms with van der Waals surface area (Å²) >= 11 is 0. The summed E-state index contributed by atoms with van der Waals surface area (Å²) in [7, 11) is 0. The van der Waals surface area contributed by atoms with Crippen molar-refractivity contribution in [1.82, 2.24) is 0 Å². The highest BCUT2D eigenvalue weighted by Gasteiger charge is 2.10. The third kappa shape index (κ3) is 4.85. The first kappa shape index (κ1) is 18.1. The fourth-order valence-corrected chi connectivity index (χ4v) is 2.23. The molecule has 5 heteroatoms. The Morgan fingerprint density at radius 1 is 1.24 bits per heavy atom. The number of ether oxygens (including phenoxy) is 1. The van der Waals surface area contributed by atoms with E-state index in [2.05, 4.69) is 12.2 Å². The predicted octanol–water partition coefficient (Wildman–Crippen LogP) is 3.90. The lowest BCUT2D eigenvalue weighted by Gasteiger charge is -2.07. The van der Waals surface area contributed by atoms with Crippen molar-refractivity contribution in [1.29, 1.82) is 5.26 Å². The highest BCUT2D eigenvalue weighted by molar-refractivity contribution is 6.09. The van der Waals surface area contributed by atoms with Crippen molar-refractivity contribution in [2.45, 2.75) is 20.3 Å². The first-order chi connectivity index (χ1) is 12.1. The van der Waals surface area contributed by atoms with Gasteiger partial charge in [0.25, 0.3) is 5.91 Å². The Balaban J connectivity index is 2.20. The molecule has 0 aliphatic rings. The lowest BCUT2D eigenvalue weighted by molar-refractivity contribution is -0.112. The molecular weight excluding hydrogens is 316 g/mol. The van der Waals surface area contributed by atoms with E-state index in [4.69, 9.17) is 4.74 Å². The van der Waals surface area contributed by atoms with Crippen LogP contribution < -0.4 is 10.1 Å². The van der Waals surface area contributed by atoms with Gasteiger partial charge < -0.3 is 15.2 Å². The van der Waals surface area contributed by atoms with E-state index in [0.29, 0.717) is 23.6 Å². The summed E-state index contributed by atoms with van der Waals surface area (Å²) < 4.78 is 5.31. The zero-order valence-electron chi connectivity index (χ0n) is 14.2. The largest absolute Gasteiger partial charge is 0.504 e. The Labute approximate surface area is 147 Å². The van der Waals surface area contributed by atoms with E-state index >= 15 is 0 Å². The molecule has 0 aliphatic heterocycles. The number of amides is 1. The molecule has 0 atom stereocenters. The first-order valence-corrected chi connectivity index (χ1v) is 8.05. The molecule has 0 spiro atoms. The monoisotopic (exact) mass is 336 g/mol. The second kappa shape index (κ2) is 8.55. The average Bonchev–Trinajstić information content (AvgIpc) is 2.63. The molecule has 0 saturated carbocycles. The Bertz CT molecular complexity index is 818. The summed E-state index contributed by atoms with van der Waals surface area (Å²) in [6.07, 6.45) is 2.37. The van der Waals surface area contributed by atoms with Crippen LogP contribution in [0.5, 0.6) is 11.5 Å². The van der Waals surface area contributed by atoms with Crippen molar-refractivity contribution in [3.8, 4) is 17.6 Å². The Morgan fingerprint density at radius 3 is 2.56 bits per heavy atom. The number of benzene rings is 2. The lowest BCUT2D eigenvalue weighted by Crippen LogP contribution is -2.13. The van der Waals surface area contributed by atoms with Crippen molar-refractivity contribution in [3.05, 3.63) is 59.2 Å². The van der Waals surface area contributed by atoms with Crippen LogP contribution in [0.2, 0.25) is 0 Å². The molecule has 2 aromatic rings. The van der Waals surface area contributed by atoms with Crippen LogP contribution in [-0.2, 0) is 11.2 Å². The second-order valence-corrected chi connectivity index (χ2v) is 5.33. The molecule has 25 heavy (non-hydrogen) atoms. The second-order valence-electron chi connectivity index (χ2n) is 5.33. The van der Waals surface area contributed by atoms with Gasteiger partial charge >= 0.3 is 0 Å². The smallest absolute Gasteiger partial charge is 0.266 e. The molecule has 2 N–H and O–H groups in total. The third-order valence-electron chi connectivity index (χ3n) is 3.58. The van der Waals surface area contributed by atoms with Crippen molar-refractivity contribution < 1.29 is 14.6 Å². The van der Waals surface area contributed by atoms with Gasteiger partial charge in [0.2, 0.25) is 0 Å². The number of aryl methyl sites for hydroxylation is 1. The first-order valence-electron chi connectivity index (χ1n) is 8.05. The highest BCUT2D eigenvalue weighted by Crippen LogP contribution is 2.27. The molecule has 0 unspecified atom stereocenters. The number of carbonyl (C=O) groups is 1. The molecule has 0 bridgehead atoms. The van der Waals surface area contributed by atoms with E-state index < -0.39 is 5.91 Å². The number of nitrogens with one attached hydrogen (secondary N) is 1. The fourth-order valence-electron chi connectivity index (χ4n) is 2.23. The van der Waals surface area contributed by atoms with Gasteiger partial charge in [-0.2, -0.15) is 5.26 Å². The number of anilines is 1. The molecule has 0 fully saturated rings. The summed E-state index contributed by atoms with van der Waals surface area (Å²) in [5.74, 6) is -0.167. The molecule has 1 amide bonds. The van der Waals surface area contributed by atoms with E-state index in [1.54, 1.807) is 31.2 Å². The number of nitriles is 1. The van der Waals surface area contributed by atoms with Crippen LogP contribution in [0.25, 0.3) is 6.08 Å².